The molecule has 0 bridgehead atoms. The molecule has 0 aliphatic carbocycles. The van der Waals surface area contributed by atoms with Gasteiger partial charge in [0.1, 0.15) is 0 Å². The first-order valence-electron chi connectivity index (χ1n) is 10.6. The molecule has 0 aliphatic heterocycles. The van der Waals surface area contributed by atoms with Crippen molar-refractivity contribution in [1.82, 2.24) is 5.06 Å². The van der Waals surface area contributed by atoms with Crippen LogP contribution in [0.1, 0.15) is 71.3 Å². The van der Waals surface area contributed by atoms with Crippen LogP contribution < -0.4 is 0 Å². The molecule has 162 valence electrons. The topological polar surface area (TPSA) is 66.8 Å². The zero-order chi connectivity index (χ0) is 21.5. The number of benzene rings is 1. The summed E-state index contributed by atoms with van der Waals surface area (Å²) in [6.07, 6.45) is 10.4. The standard InChI is InChI=1S/C23H35NO4S/c1-4-7-8-9-10-14-17-21(29(26)27)18-19-22(20-15-12-11-13-16-20)23(25)28-24(5-2)6-3/h11-13,15-16,18-19H,4-10,14,17H2,1-3H3,(H,26,27). The van der Waals surface area contributed by atoms with E-state index < -0.39 is 17.0 Å². The third-order valence-electron chi connectivity index (χ3n) is 4.66. The Morgan fingerprint density at radius 2 is 1.62 bits per heavy atom. The van der Waals surface area contributed by atoms with Crippen LogP contribution in [0.2, 0.25) is 0 Å². The van der Waals surface area contributed by atoms with Gasteiger partial charge in [0.25, 0.3) is 0 Å². The summed E-state index contributed by atoms with van der Waals surface area (Å²) >= 11 is -2.06. The minimum Gasteiger partial charge on any atom is -0.364 e. The van der Waals surface area contributed by atoms with E-state index in [0.717, 1.165) is 19.3 Å². The fourth-order valence-corrected chi connectivity index (χ4v) is 3.41. The minimum atomic E-state index is -2.06. The van der Waals surface area contributed by atoms with Gasteiger partial charge in [-0.05, 0) is 44.4 Å². The fourth-order valence-electron chi connectivity index (χ4n) is 2.90. The molecule has 0 fully saturated rings. The molecular weight excluding hydrogens is 386 g/mol. The summed E-state index contributed by atoms with van der Waals surface area (Å²) < 4.78 is 21.4. The number of nitrogens with zero attached hydrogens (tertiary/aromatic N) is 1. The second-order valence-electron chi connectivity index (χ2n) is 6.84. The van der Waals surface area contributed by atoms with Gasteiger partial charge >= 0.3 is 5.97 Å². The van der Waals surface area contributed by atoms with Gasteiger partial charge < -0.3 is 9.39 Å². The Labute approximate surface area is 178 Å². The molecule has 0 spiro atoms. The summed E-state index contributed by atoms with van der Waals surface area (Å²) in [4.78, 5) is 18.6. The highest BCUT2D eigenvalue weighted by atomic mass is 32.2. The van der Waals surface area contributed by atoms with Crippen LogP contribution in [0.5, 0.6) is 0 Å². The van der Waals surface area contributed by atoms with Crippen molar-refractivity contribution >= 4 is 22.6 Å². The molecule has 1 aromatic rings. The number of hydroxylamine groups is 2. The zero-order valence-corrected chi connectivity index (χ0v) is 18.7. The van der Waals surface area contributed by atoms with E-state index in [9.17, 15) is 13.6 Å². The molecule has 1 N–H and O–H groups in total. The first-order chi connectivity index (χ1) is 14.0. The molecular formula is C23H35NO4S. The molecule has 1 atom stereocenters. The predicted octanol–water partition coefficient (Wildman–Crippen LogP) is 5.73. The largest absolute Gasteiger partial charge is 0.364 e. The molecule has 1 aromatic carbocycles. The number of unbranched alkanes of at least 4 members (excludes halogenated alkanes) is 5. The van der Waals surface area contributed by atoms with Crippen LogP contribution in [0.15, 0.2) is 47.4 Å². The first-order valence-corrected chi connectivity index (χ1v) is 11.7. The van der Waals surface area contributed by atoms with Gasteiger partial charge in [0.2, 0.25) is 0 Å². The average Bonchev–Trinajstić information content (AvgIpc) is 2.73. The summed E-state index contributed by atoms with van der Waals surface area (Å²) in [5, 5.41) is 1.57. The van der Waals surface area contributed by atoms with Crippen molar-refractivity contribution in [1.29, 1.82) is 0 Å². The van der Waals surface area contributed by atoms with E-state index in [2.05, 4.69) is 6.92 Å². The molecule has 1 unspecified atom stereocenters. The van der Waals surface area contributed by atoms with Crippen LogP contribution in [-0.2, 0) is 20.7 Å². The van der Waals surface area contributed by atoms with Crippen LogP contribution >= 0.6 is 0 Å². The quantitative estimate of drug-likeness (QED) is 0.137. The SMILES string of the molecule is CCCCCCCCC(=CC=C(C(=O)ON(CC)CC)c1ccccc1)S(=O)O. The highest BCUT2D eigenvalue weighted by molar-refractivity contribution is 7.83. The summed E-state index contributed by atoms with van der Waals surface area (Å²) in [7, 11) is 0. The fraction of sp³-hybridized carbons (Fsp3) is 0.522. The molecule has 6 heteroatoms. The van der Waals surface area contributed by atoms with E-state index in [1.54, 1.807) is 17.2 Å². The van der Waals surface area contributed by atoms with Gasteiger partial charge in [-0.25, -0.2) is 9.00 Å². The Morgan fingerprint density at radius 3 is 2.21 bits per heavy atom. The second kappa shape index (κ2) is 15.1. The van der Waals surface area contributed by atoms with Crippen LogP contribution in [-0.4, -0.2) is 32.9 Å². The van der Waals surface area contributed by atoms with Gasteiger partial charge in [0.15, 0.2) is 11.1 Å². The van der Waals surface area contributed by atoms with Crippen LogP contribution in [0.25, 0.3) is 5.57 Å². The lowest BCUT2D eigenvalue weighted by molar-refractivity contribution is -0.180. The monoisotopic (exact) mass is 421 g/mol. The van der Waals surface area contributed by atoms with Crippen molar-refractivity contribution in [3.8, 4) is 0 Å². The highest BCUT2D eigenvalue weighted by Crippen LogP contribution is 2.20. The molecule has 1 rings (SSSR count). The van der Waals surface area contributed by atoms with Crippen molar-refractivity contribution < 1.29 is 18.4 Å². The van der Waals surface area contributed by atoms with E-state index >= 15 is 0 Å². The maximum atomic E-state index is 12.7. The molecule has 0 amide bonds. The van der Waals surface area contributed by atoms with Crippen molar-refractivity contribution in [3.05, 3.63) is 53.0 Å². The van der Waals surface area contributed by atoms with Gasteiger partial charge in [-0.15, -0.1) is 5.06 Å². The molecule has 29 heavy (non-hydrogen) atoms. The first kappa shape index (κ1) is 25.3. The number of rotatable bonds is 14. The van der Waals surface area contributed by atoms with Gasteiger partial charge in [-0.1, -0.05) is 69.4 Å². The van der Waals surface area contributed by atoms with Crippen molar-refractivity contribution in [2.24, 2.45) is 0 Å². The lowest BCUT2D eigenvalue weighted by Gasteiger charge is -2.18. The Kier molecular flexibility index (Phi) is 13.2. The zero-order valence-electron chi connectivity index (χ0n) is 17.9. The van der Waals surface area contributed by atoms with Crippen molar-refractivity contribution in [2.45, 2.75) is 65.7 Å². The van der Waals surface area contributed by atoms with E-state index in [-0.39, 0.29) is 0 Å². The summed E-state index contributed by atoms with van der Waals surface area (Å²) in [5.41, 5.74) is 1.08. The Balaban J connectivity index is 2.96. The number of hydrogen-bond donors (Lipinski definition) is 1. The molecule has 0 aromatic heterocycles. The van der Waals surface area contributed by atoms with Crippen molar-refractivity contribution in [2.75, 3.05) is 13.1 Å². The van der Waals surface area contributed by atoms with Gasteiger partial charge in [0.05, 0.1) is 5.57 Å². The number of allylic oxidation sites excluding steroid dienone is 3. The predicted molar refractivity (Wildman–Crippen MR) is 120 cm³/mol. The Hall–Kier alpha value is -1.76. The summed E-state index contributed by atoms with van der Waals surface area (Å²) in [6.45, 7) is 7.18. The molecule has 0 saturated heterocycles. The van der Waals surface area contributed by atoms with Gasteiger partial charge in [0, 0.05) is 18.0 Å². The maximum absolute atomic E-state index is 12.7. The highest BCUT2D eigenvalue weighted by Gasteiger charge is 2.16. The van der Waals surface area contributed by atoms with Gasteiger partial charge in [-0.3, -0.25) is 0 Å². The lowest BCUT2D eigenvalue weighted by Crippen LogP contribution is -2.27. The van der Waals surface area contributed by atoms with Crippen LogP contribution in [0.4, 0.5) is 0 Å². The smallest absolute Gasteiger partial charge is 0.357 e. The van der Waals surface area contributed by atoms with E-state index in [1.807, 2.05) is 44.2 Å². The second-order valence-corrected chi connectivity index (χ2v) is 7.86. The lowest BCUT2D eigenvalue weighted by atomic mass is 10.1. The Bertz CT molecular complexity index is 681. The number of carbonyl (C=O) groups excluding carboxylic acids is 1. The number of hydrogen-bond acceptors (Lipinski definition) is 4. The normalized spacial score (nSPS) is 13.6. The molecule has 0 aliphatic rings. The van der Waals surface area contributed by atoms with Crippen molar-refractivity contribution in [3.63, 3.8) is 0 Å². The summed E-state index contributed by atoms with van der Waals surface area (Å²) in [6, 6.07) is 9.22. The minimum absolute atomic E-state index is 0.364. The average molecular weight is 422 g/mol. The summed E-state index contributed by atoms with van der Waals surface area (Å²) in [5.74, 6) is -0.473. The molecule has 5 nitrogen and oxygen atoms in total. The molecule has 0 heterocycles. The third kappa shape index (κ3) is 10.0. The van der Waals surface area contributed by atoms with Crippen LogP contribution in [0.3, 0.4) is 0 Å². The van der Waals surface area contributed by atoms with E-state index in [0.29, 0.717) is 35.6 Å². The van der Waals surface area contributed by atoms with Gasteiger partial charge in [-0.2, -0.15) is 0 Å². The third-order valence-corrected chi connectivity index (χ3v) is 5.45. The molecule has 0 saturated carbocycles. The van der Waals surface area contributed by atoms with E-state index in [1.165, 1.54) is 19.3 Å². The van der Waals surface area contributed by atoms with E-state index in [4.69, 9.17) is 4.84 Å². The number of carbonyl (C=O) groups is 1. The Morgan fingerprint density at radius 1 is 1.00 bits per heavy atom. The molecule has 0 radical (unpaired) electrons. The van der Waals surface area contributed by atoms with Crippen LogP contribution in [0, 0.1) is 0 Å². The maximum Gasteiger partial charge on any atom is 0.357 e.